The van der Waals surface area contributed by atoms with Crippen LogP contribution in [0.25, 0.3) is 0 Å². The number of methoxy groups -OCH3 is 1. The van der Waals surface area contributed by atoms with Gasteiger partial charge in [-0.3, -0.25) is 9.59 Å². The molecular formula is C32H39N4O6+. The fourth-order valence-corrected chi connectivity index (χ4v) is 9.42. The zero-order valence-corrected chi connectivity index (χ0v) is 24.6. The first-order valence-electron chi connectivity index (χ1n) is 14.8. The Bertz CT molecular complexity index is 1490. The number of rotatable bonds is 8. The lowest BCUT2D eigenvalue weighted by molar-refractivity contribution is -0.999. The van der Waals surface area contributed by atoms with E-state index in [-0.39, 0.29) is 22.5 Å². The lowest BCUT2D eigenvalue weighted by atomic mass is 9.57. The van der Waals surface area contributed by atoms with Gasteiger partial charge < -0.3 is 34.6 Å². The molecule has 2 heterocycles. The van der Waals surface area contributed by atoms with Crippen LogP contribution in [-0.4, -0.2) is 86.2 Å². The quantitative estimate of drug-likeness (QED) is 0.464. The Hall–Kier alpha value is -3.63. The molecule has 0 radical (unpaired) electrons. The second kappa shape index (κ2) is 9.18. The summed E-state index contributed by atoms with van der Waals surface area (Å²) in [7, 11) is 5.65. The van der Waals surface area contributed by atoms with E-state index in [0.29, 0.717) is 37.2 Å². The lowest BCUT2D eigenvalue weighted by Crippen LogP contribution is -2.77. The van der Waals surface area contributed by atoms with E-state index in [4.69, 9.17) is 19.9 Å². The molecule has 2 spiro atoms. The summed E-state index contributed by atoms with van der Waals surface area (Å²) in [6.07, 6.45) is 1.59. The predicted molar refractivity (Wildman–Crippen MR) is 153 cm³/mol. The van der Waals surface area contributed by atoms with Crippen LogP contribution in [0.1, 0.15) is 42.9 Å². The molecular weight excluding hydrogens is 536 g/mol. The summed E-state index contributed by atoms with van der Waals surface area (Å²) in [5.74, 6) is 2.39. The molecule has 2 aromatic carbocycles. The van der Waals surface area contributed by atoms with Gasteiger partial charge in [-0.15, -0.1) is 0 Å². The van der Waals surface area contributed by atoms with Crippen molar-refractivity contribution in [1.29, 1.82) is 0 Å². The first-order chi connectivity index (χ1) is 20.0. The molecule has 7 rings (SSSR count). The SMILES string of the molecule is COc1ccc2c3c1O[C@H]1C(=O)CC[C@H]4C5C2(C[C@]314)C[N@+]5(C)Cc1ccc(OC(=O)N(C)CCNC(=O)[C@H](C)N)cc1. The van der Waals surface area contributed by atoms with E-state index in [2.05, 4.69) is 18.4 Å². The van der Waals surface area contributed by atoms with Gasteiger partial charge in [-0.25, -0.2) is 4.79 Å². The highest BCUT2D eigenvalue weighted by Gasteiger charge is 2.85. The number of hydrogen-bond donors (Lipinski definition) is 2. The third-order valence-corrected chi connectivity index (χ3v) is 10.7. The molecule has 222 valence electrons. The predicted octanol–water partition coefficient (Wildman–Crippen LogP) is 2.25. The first kappa shape index (κ1) is 27.2. The summed E-state index contributed by atoms with van der Waals surface area (Å²) < 4.78 is 18.6. The van der Waals surface area contributed by atoms with Gasteiger partial charge in [0.25, 0.3) is 0 Å². The lowest BCUT2D eigenvalue weighted by Gasteiger charge is -2.62. The van der Waals surface area contributed by atoms with Gasteiger partial charge in [0.15, 0.2) is 23.4 Å². The molecule has 3 fully saturated rings. The van der Waals surface area contributed by atoms with Crippen molar-refractivity contribution in [2.45, 2.75) is 61.7 Å². The largest absolute Gasteiger partial charge is 0.493 e. The van der Waals surface area contributed by atoms with Crippen LogP contribution in [0.5, 0.6) is 17.2 Å². The summed E-state index contributed by atoms with van der Waals surface area (Å²) >= 11 is 0. The number of nitrogens with zero attached hydrogens (tertiary/aromatic N) is 2. The number of hydrogen-bond acceptors (Lipinski definition) is 7. The fourth-order valence-electron chi connectivity index (χ4n) is 9.42. The van der Waals surface area contributed by atoms with Crippen molar-refractivity contribution in [1.82, 2.24) is 10.2 Å². The van der Waals surface area contributed by atoms with Crippen molar-refractivity contribution < 1.29 is 33.1 Å². The van der Waals surface area contributed by atoms with E-state index in [0.717, 1.165) is 41.9 Å². The van der Waals surface area contributed by atoms with Crippen molar-refractivity contribution in [2.24, 2.45) is 11.7 Å². The second-order valence-electron chi connectivity index (χ2n) is 13.3. The van der Waals surface area contributed by atoms with E-state index in [1.807, 2.05) is 30.3 Å². The van der Waals surface area contributed by atoms with E-state index in [1.165, 1.54) is 21.6 Å². The Balaban J connectivity index is 1.06. The number of carbonyl (C=O) groups is 3. The number of amides is 2. The Morgan fingerprint density at radius 2 is 2.00 bits per heavy atom. The molecule has 10 heteroatoms. The van der Waals surface area contributed by atoms with E-state index < -0.39 is 18.2 Å². The Morgan fingerprint density at radius 1 is 1.24 bits per heavy atom. The van der Waals surface area contributed by atoms with Gasteiger partial charge in [-0.1, -0.05) is 6.07 Å². The van der Waals surface area contributed by atoms with Crippen molar-refractivity contribution >= 4 is 17.8 Å². The average Bonchev–Trinajstić information content (AvgIpc) is 3.54. The molecule has 2 bridgehead atoms. The second-order valence-corrected chi connectivity index (χ2v) is 13.3. The molecule has 2 aliphatic heterocycles. The normalized spacial score (nSPS) is 33.2. The van der Waals surface area contributed by atoms with Crippen LogP contribution in [0.2, 0.25) is 0 Å². The minimum atomic E-state index is -0.594. The fraction of sp³-hybridized carbons (Fsp3) is 0.531. The number of ether oxygens (including phenoxy) is 3. The van der Waals surface area contributed by atoms with Crippen LogP contribution < -0.4 is 25.3 Å². The monoisotopic (exact) mass is 575 g/mol. The van der Waals surface area contributed by atoms with Crippen LogP contribution in [0.15, 0.2) is 36.4 Å². The van der Waals surface area contributed by atoms with Crippen molar-refractivity contribution in [3.8, 4) is 17.2 Å². The molecule has 1 saturated heterocycles. The summed E-state index contributed by atoms with van der Waals surface area (Å²) in [5, 5.41) is 2.69. The number of nitrogens with two attached hydrogens (primary N) is 1. The van der Waals surface area contributed by atoms with E-state index >= 15 is 0 Å². The number of fused-ring (bicyclic) bond motifs is 1. The van der Waals surface area contributed by atoms with Gasteiger partial charge in [0.05, 0.1) is 37.6 Å². The molecule has 3 N–H and O–H groups in total. The molecule has 7 atom stereocenters. The molecule has 42 heavy (non-hydrogen) atoms. The van der Waals surface area contributed by atoms with Gasteiger partial charge in [0, 0.05) is 43.6 Å². The van der Waals surface area contributed by atoms with Crippen molar-refractivity contribution in [2.75, 3.05) is 40.8 Å². The van der Waals surface area contributed by atoms with E-state index in [9.17, 15) is 14.4 Å². The topological polar surface area (TPSA) is 120 Å². The molecule has 3 aliphatic carbocycles. The van der Waals surface area contributed by atoms with Gasteiger partial charge in [-0.2, -0.15) is 0 Å². The van der Waals surface area contributed by atoms with Crippen molar-refractivity contribution in [3.63, 3.8) is 0 Å². The third kappa shape index (κ3) is 3.54. The number of benzene rings is 2. The molecule has 2 unspecified atom stereocenters. The van der Waals surface area contributed by atoms with Crippen LogP contribution in [0, 0.1) is 5.92 Å². The highest BCUT2D eigenvalue weighted by molar-refractivity contribution is 5.90. The summed E-state index contributed by atoms with van der Waals surface area (Å²) in [4.78, 5) is 38.8. The molecule has 2 aromatic rings. The smallest absolute Gasteiger partial charge is 0.415 e. The first-order valence-corrected chi connectivity index (χ1v) is 14.8. The number of nitrogens with one attached hydrogen (secondary N) is 1. The zero-order chi connectivity index (χ0) is 29.6. The van der Waals surface area contributed by atoms with Crippen LogP contribution in [0.3, 0.4) is 0 Å². The third-order valence-electron chi connectivity index (χ3n) is 10.7. The minimum Gasteiger partial charge on any atom is -0.493 e. The number of likely N-dealkylation sites (N-methyl/N-ethyl adjacent to an activating group) is 2. The van der Waals surface area contributed by atoms with Gasteiger partial charge in [0.2, 0.25) is 5.91 Å². The van der Waals surface area contributed by atoms with Gasteiger partial charge in [0.1, 0.15) is 18.3 Å². The highest BCUT2D eigenvalue weighted by Crippen LogP contribution is 2.77. The number of ketones is 1. The zero-order valence-electron chi connectivity index (χ0n) is 24.6. The number of quaternary nitrogens is 1. The maximum atomic E-state index is 13.2. The Morgan fingerprint density at radius 3 is 2.71 bits per heavy atom. The van der Waals surface area contributed by atoms with Crippen LogP contribution in [0.4, 0.5) is 4.79 Å². The molecule has 0 aromatic heterocycles. The van der Waals surface area contributed by atoms with Crippen LogP contribution >= 0.6 is 0 Å². The molecule has 10 nitrogen and oxygen atoms in total. The summed E-state index contributed by atoms with van der Waals surface area (Å²) in [6, 6.07) is 11.8. The standard InChI is InChI=1S/C32H38N4O6/c1-18(33)29(38)34-13-14-35(2)30(39)41-20-7-5-19(6-8-20)15-36(3)17-31-16-32-22(27(31)36)9-11-23(37)28(32)42-26-24(40-4)12-10-21(31)25(26)32/h5-8,10,12,18,22,27-28H,9,11,13-17,33H2,1-4H3/p+1/t18-,22-,27?,28-,31?,32-,36-/m0/s1. The Labute approximate surface area is 245 Å². The number of Topliss-reactive ketones (excluding diaryl/α,β-unsaturated/α-hetero) is 1. The maximum absolute atomic E-state index is 13.2. The highest BCUT2D eigenvalue weighted by atomic mass is 16.6. The summed E-state index contributed by atoms with van der Waals surface area (Å²) in [6.45, 7) is 4.11. The molecule has 2 saturated carbocycles. The summed E-state index contributed by atoms with van der Waals surface area (Å²) in [5.41, 5.74) is 9.21. The average molecular weight is 576 g/mol. The number of carbonyl (C=O) groups excluding carboxylic acids is 3. The molecule has 5 aliphatic rings. The maximum Gasteiger partial charge on any atom is 0.415 e. The Kier molecular flexibility index (Phi) is 5.95. The van der Waals surface area contributed by atoms with Crippen molar-refractivity contribution in [3.05, 3.63) is 53.1 Å². The van der Waals surface area contributed by atoms with Gasteiger partial charge >= 0.3 is 6.09 Å². The minimum absolute atomic E-state index is 0.0736. The molecule has 2 amide bonds. The van der Waals surface area contributed by atoms with E-state index in [1.54, 1.807) is 21.1 Å². The van der Waals surface area contributed by atoms with Crippen LogP contribution in [-0.2, 0) is 27.0 Å². The number of likely N-dealkylation sites (tertiary alicyclic amines) is 1. The van der Waals surface area contributed by atoms with Gasteiger partial charge in [-0.05, 0) is 55.7 Å².